The molecule has 2 aliphatic rings. The number of nitrogens with one attached hydrogen (secondary N) is 2. The number of fused-ring (bicyclic) bond motifs is 2. The van der Waals surface area contributed by atoms with E-state index in [9.17, 15) is 4.79 Å². The molecule has 1 aliphatic carbocycles. The number of aromatic amines is 1. The molecule has 2 aromatic heterocycles. The second-order valence-corrected chi connectivity index (χ2v) is 8.84. The molecule has 2 N–H and O–H groups in total. The molecule has 4 aromatic rings. The highest BCUT2D eigenvalue weighted by Crippen LogP contribution is 2.35. The zero-order valence-corrected chi connectivity index (χ0v) is 17.5. The summed E-state index contributed by atoms with van der Waals surface area (Å²) in [5.41, 5.74) is 4.26. The fourth-order valence-electron chi connectivity index (χ4n) is 4.85. The molecular weight excluding hydrogens is 384 g/mol. The van der Waals surface area contributed by atoms with Gasteiger partial charge in [0, 0.05) is 41.6 Å². The van der Waals surface area contributed by atoms with E-state index in [0.717, 1.165) is 61.1 Å². The van der Waals surface area contributed by atoms with Gasteiger partial charge in [0.15, 0.2) is 0 Å². The summed E-state index contributed by atoms with van der Waals surface area (Å²) in [5.74, 6) is 1.48. The van der Waals surface area contributed by atoms with Crippen LogP contribution in [0.4, 0.5) is 5.82 Å². The van der Waals surface area contributed by atoms with Crippen molar-refractivity contribution >= 4 is 33.5 Å². The Labute approximate surface area is 181 Å². The zero-order chi connectivity index (χ0) is 20.8. The first-order valence-electron chi connectivity index (χ1n) is 11.3. The lowest BCUT2D eigenvalue weighted by Crippen LogP contribution is -2.34. The summed E-state index contributed by atoms with van der Waals surface area (Å²) >= 11 is 0. The molecule has 31 heavy (non-hydrogen) atoms. The maximum Gasteiger partial charge on any atom is 0.252 e. The van der Waals surface area contributed by atoms with Crippen molar-refractivity contribution < 1.29 is 4.79 Å². The van der Waals surface area contributed by atoms with Gasteiger partial charge in [-0.1, -0.05) is 36.4 Å². The lowest BCUT2D eigenvalue weighted by Gasteiger charge is -2.33. The summed E-state index contributed by atoms with van der Waals surface area (Å²) in [6, 6.07) is 18.8. The largest absolute Gasteiger partial charge is 0.361 e. The molecule has 1 aliphatic heterocycles. The summed E-state index contributed by atoms with van der Waals surface area (Å²) in [5, 5.41) is 5.41. The number of aromatic nitrogens is 2. The maximum absolute atomic E-state index is 12.9. The van der Waals surface area contributed by atoms with E-state index in [1.807, 2.05) is 30.3 Å². The summed E-state index contributed by atoms with van der Waals surface area (Å²) in [7, 11) is 0. The predicted molar refractivity (Wildman–Crippen MR) is 125 cm³/mol. The zero-order valence-electron chi connectivity index (χ0n) is 17.5. The van der Waals surface area contributed by atoms with Gasteiger partial charge in [0.2, 0.25) is 0 Å². The molecular formula is C26H26N4O. The van der Waals surface area contributed by atoms with Crippen LogP contribution in [-0.4, -0.2) is 35.0 Å². The van der Waals surface area contributed by atoms with Crippen LogP contribution < -0.4 is 10.2 Å². The Morgan fingerprint density at radius 2 is 1.71 bits per heavy atom. The molecule has 5 heteroatoms. The van der Waals surface area contributed by atoms with Crippen LogP contribution in [-0.2, 0) is 0 Å². The van der Waals surface area contributed by atoms with Crippen LogP contribution in [0.3, 0.4) is 0 Å². The first kappa shape index (κ1) is 18.4. The topological polar surface area (TPSA) is 61.0 Å². The van der Waals surface area contributed by atoms with Gasteiger partial charge >= 0.3 is 0 Å². The monoisotopic (exact) mass is 410 g/mol. The Morgan fingerprint density at radius 1 is 0.968 bits per heavy atom. The van der Waals surface area contributed by atoms with E-state index in [2.05, 4.69) is 45.7 Å². The van der Waals surface area contributed by atoms with Gasteiger partial charge in [0.1, 0.15) is 5.82 Å². The van der Waals surface area contributed by atoms with Crippen molar-refractivity contribution in [3.63, 3.8) is 0 Å². The number of carbonyl (C=O) groups excluding carboxylic acids is 1. The Balaban J connectivity index is 1.27. The number of rotatable bonds is 4. The summed E-state index contributed by atoms with van der Waals surface area (Å²) < 4.78 is 0. The molecule has 5 nitrogen and oxygen atoms in total. The first-order chi connectivity index (χ1) is 15.3. The van der Waals surface area contributed by atoms with Crippen LogP contribution in [0.5, 0.6) is 0 Å². The number of hydrogen-bond acceptors (Lipinski definition) is 3. The number of benzene rings is 2. The average molecular weight is 411 g/mol. The molecule has 0 atom stereocenters. The van der Waals surface area contributed by atoms with Crippen molar-refractivity contribution in [2.24, 2.45) is 0 Å². The van der Waals surface area contributed by atoms with Crippen molar-refractivity contribution in [1.29, 1.82) is 0 Å². The molecule has 1 saturated carbocycles. The van der Waals surface area contributed by atoms with Gasteiger partial charge in [-0.2, -0.15) is 0 Å². The molecule has 0 unspecified atom stereocenters. The van der Waals surface area contributed by atoms with Crippen molar-refractivity contribution in [3.8, 4) is 0 Å². The molecule has 1 amide bonds. The lowest BCUT2D eigenvalue weighted by atomic mass is 9.89. The third kappa shape index (κ3) is 3.44. The third-order valence-electron chi connectivity index (χ3n) is 6.74. The quantitative estimate of drug-likeness (QED) is 0.498. The van der Waals surface area contributed by atoms with E-state index in [1.54, 1.807) is 0 Å². The fraction of sp³-hybridized carbons (Fsp3) is 0.308. The summed E-state index contributed by atoms with van der Waals surface area (Å²) in [4.78, 5) is 23.6. The molecule has 0 bridgehead atoms. The van der Waals surface area contributed by atoms with E-state index in [4.69, 9.17) is 4.98 Å². The van der Waals surface area contributed by atoms with Crippen LogP contribution in [0.15, 0.2) is 60.8 Å². The number of amides is 1. The van der Waals surface area contributed by atoms with Crippen LogP contribution >= 0.6 is 0 Å². The Bertz CT molecular complexity index is 1260. The highest BCUT2D eigenvalue weighted by Gasteiger charge is 2.27. The van der Waals surface area contributed by atoms with Crippen LogP contribution in [0.25, 0.3) is 21.8 Å². The minimum Gasteiger partial charge on any atom is -0.361 e. The van der Waals surface area contributed by atoms with Crippen LogP contribution in [0.1, 0.15) is 47.5 Å². The van der Waals surface area contributed by atoms with Gasteiger partial charge in [0.25, 0.3) is 5.91 Å². The third-order valence-corrected chi connectivity index (χ3v) is 6.74. The number of para-hydroxylation sites is 2. The average Bonchev–Trinajstić information content (AvgIpc) is 3.53. The molecule has 156 valence electrons. The second kappa shape index (κ2) is 7.41. The highest BCUT2D eigenvalue weighted by atomic mass is 16.1. The minimum absolute atomic E-state index is 0.0241. The normalized spacial score (nSPS) is 17.4. The van der Waals surface area contributed by atoms with Gasteiger partial charge in [-0.3, -0.25) is 4.79 Å². The lowest BCUT2D eigenvalue weighted by molar-refractivity contribution is 0.0952. The van der Waals surface area contributed by atoms with Crippen LogP contribution in [0, 0.1) is 0 Å². The number of pyridine rings is 1. The second-order valence-electron chi connectivity index (χ2n) is 8.84. The van der Waals surface area contributed by atoms with Gasteiger partial charge in [-0.25, -0.2) is 4.98 Å². The van der Waals surface area contributed by atoms with Crippen molar-refractivity contribution in [2.45, 2.75) is 37.6 Å². The van der Waals surface area contributed by atoms with E-state index < -0.39 is 0 Å². The van der Waals surface area contributed by atoms with Crippen LogP contribution in [0.2, 0.25) is 0 Å². The maximum atomic E-state index is 12.9. The summed E-state index contributed by atoms with van der Waals surface area (Å²) in [6.45, 7) is 1.89. The van der Waals surface area contributed by atoms with Crippen molar-refractivity contribution in [3.05, 3.63) is 71.9 Å². The molecule has 0 radical (unpaired) electrons. The van der Waals surface area contributed by atoms with E-state index in [1.165, 1.54) is 16.5 Å². The van der Waals surface area contributed by atoms with E-state index in [-0.39, 0.29) is 5.91 Å². The Hall–Kier alpha value is -3.34. The summed E-state index contributed by atoms with van der Waals surface area (Å²) in [6.07, 6.45) is 6.52. The number of H-pyrrole nitrogens is 1. The van der Waals surface area contributed by atoms with Crippen molar-refractivity contribution in [2.75, 3.05) is 18.0 Å². The smallest absolute Gasteiger partial charge is 0.252 e. The minimum atomic E-state index is 0.0241. The Morgan fingerprint density at radius 3 is 2.52 bits per heavy atom. The highest BCUT2D eigenvalue weighted by molar-refractivity contribution is 6.07. The molecule has 2 aromatic carbocycles. The number of hydrogen-bond donors (Lipinski definition) is 2. The molecule has 3 heterocycles. The number of carbonyl (C=O) groups is 1. The molecule has 0 spiro atoms. The number of nitrogens with zero attached hydrogens (tertiary/aromatic N) is 2. The predicted octanol–water partition coefficient (Wildman–Crippen LogP) is 4.99. The standard InChI is InChI=1S/C26H26N4O/c31-26(28-18-9-10-18)21-15-25(29-24-8-4-2-5-19(21)24)30-13-11-17(12-14-30)22-16-27-23-7-3-1-6-20(22)23/h1-8,15-18,27H,9-14H2,(H,28,31). The van der Waals surface area contributed by atoms with E-state index >= 15 is 0 Å². The Kier molecular flexibility index (Phi) is 4.41. The number of anilines is 1. The van der Waals surface area contributed by atoms with Gasteiger partial charge in [-0.05, 0) is 55.4 Å². The fourth-order valence-corrected chi connectivity index (χ4v) is 4.85. The molecule has 6 rings (SSSR count). The first-order valence-corrected chi connectivity index (χ1v) is 11.3. The van der Waals surface area contributed by atoms with Gasteiger partial charge in [0.05, 0.1) is 11.1 Å². The molecule has 1 saturated heterocycles. The van der Waals surface area contributed by atoms with E-state index in [0.29, 0.717) is 12.0 Å². The SMILES string of the molecule is O=C(NC1CC1)c1cc(N2CCC(c3c[nH]c4ccccc34)CC2)nc2ccccc12. The van der Waals surface area contributed by atoms with Crippen molar-refractivity contribution in [1.82, 2.24) is 15.3 Å². The molecule has 2 fully saturated rings. The van der Waals surface area contributed by atoms with Gasteiger partial charge in [-0.15, -0.1) is 0 Å². The number of piperidine rings is 1. The van der Waals surface area contributed by atoms with Gasteiger partial charge < -0.3 is 15.2 Å².